The zero-order chi connectivity index (χ0) is 20.4. The van der Waals surface area contributed by atoms with E-state index in [-0.39, 0.29) is 11.5 Å². The van der Waals surface area contributed by atoms with Crippen molar-refractivity contribution in [2.75, 3.05) is 39.0 Å². The molecule has 29 heavy (non-hydrogen) atoms. The molecule has 0 radical (unpaired) electrons. The van der Waals surface area contributed by atoms with Gasteiger partial charge in [-0.25, -0.2) is 9.97 Å². The number of hydrogen-bond acceptors (Lipinski definition) is 6. The van der Waals surface area contributed by atoms with Crippen molar-refractivity contribution >= 4 is 17.7 Å². The van der Waals surface area contributed by atoms with Crippen molar-refractivity contribution in [3.8, 4) is 11.4 Å². The number of rotatable bonds is 4. The fourth-order valence-electron chi connectivity index (χ4n) is 3.63. The number of amides is 1. The highest BCUT2D eigenvalue weighted by Crippen LogP contribution is 2.34. The molecule has 1 amide bonds. The predicted molar refractivity (Wildman–Crippen MR) is 115 cm³/mol. The normalized spacial score (nSPS) is 19.1. The fraction of sp³-hybridized carbons (Fsp3) is 0.500. The molecule has 1 fully saturated rings. The van der Waals surface area contributed by atoms with Gasteiger partial charge in [0.2, 0.25) is 5.91 Å². The van der Waals surface area contributed by atoms with Gasteiger partial charge >= 0.3 is 0 Å². The van der Waals surface area contributed by atoms with Crippen molar-refractivity contribution in [2.45, 2.75) is 37.5 Å². The van der Waals surface area contributed by atoms with E-state index in [2.05, 4.69) is 25.8 Å². The molecular weight excluding hydrogens is 384 g/mol. The van der Waals surface area contributed by atoms with E-state index < -0.39 is 0 Å². The second-order valence-corrected chi connectivity index (χ2v) is 9.31. The number of carbonyl (C=O) groups is 1. The average molecular weight is 413 g/mol. The molecule has 4 rings (SSSR count). The highest BCUT2D eigenvalue weighted by Gasteiger charge is 2.30. The van der Waals surface area contributed by atoms with Gasteiger partial charge in [0.25, 0.3) is 0 Å². The Kier molecular flexibility index (Phi) is 5.90. The van der Waals surface area contributed by atoms with Crippen LogP contribution < -0.4 is 0 Å². The molecular formula is C22H28N4O2S. The average Bonchev–Trinajstić information content (AvgIpc) is 2.71. The Hall–Kier alpha value is -1.96. The van der Waals surface area contributed by atoms with E-state index in [1.807, 2.05) is 35.2 Å². The summed E-state index contributed by atoms with van der Waals surface area (Å²) in [4.78, 5) is 26.6. The second kappa shape index (κ2) is 8.42. The molecule has 0 aliphatic carbocycles. The van der Waals surface area contributed by atoms with Gasteiger partial charge in [0.15, 0.2) is 5.82 Å². The van der Waals surface area contributed by atoms with Gasteiger partial charge in [0, 0.05) is 43.7 Å². The summed E-state index contributed by atoms with van der Waals surface area (Å²) in [5, 5.41) is 0.867. The Bertz CT molecular complexity index is 880. The van der Waals surface area contributed by atoms with Gasteiger partial charge in [0.1, 0.15) is 5.03 Å². The Morgan fingerprint density at radius 1 is 1.14 bits per heavy atom. The number of fused-ring (bicyclic) bond motifs is 1. The van der Waals surface area contributed by atoms with Crippen LogP contribution in [-0.4, -0.2) is 70.3 Å². The van der Waals surface area contributed by atoms with Gasteiger partial charge in [-0.15, -0.1) is 0 Å². The lowest BCUT2D eigenvalue weighted by Crippen LogP contribution is -2.47. The topological polar surface area (TPSA) is 58.6 Å². The van der Waals surface area contributed by atoms with Gasteiger partial charge in [-0.05, 0) is 20.9 Å². The molecule has 0 atom stereocenters. The highest BCUT2D eigenvalue weighted by molar-refractivity contribution is 7.99. The summed E-state index contributed by atoms with van der Waals surface area (Å²) in [6.07, 6.45) is 0.741. The van der Waals surface area contributed by atoms with Gasteiger partial charge in [0.05, 0.1) is 23.7 Å². The molecule has 6 nitrogen and oxygen atoms in total. The van der Waals surface area contributed by atoms with Crippen molar-refractivity contribution in [1.82, 2.24) is 19.8 Å². The minimum atomic E-state index is -0.243. The van der Waals surface area contributed by atoms with Crippen molar-refractivity contribution < 1.29 is 9.53 Å². The highest BCUT2D eigenvalue weighted by atomic mass is 32.2. The maximum absolute atomic E-state index is 12.7. The fourth-order valence-corrected chi connectivity index (χ4v) is 4.58. The minimum Gasteiger partial charge on any atom is -0.370 e. The van der Waals surface area contributed by atoms with Gasteiger partial charge in [-0.3, -0.25) is 4.79 Å². The third-order valence-corrected chi connectivity index (χ3v) is 6.48. The van der Waals surface area contributed by atoms with Crippen LogP contribution >= 0.6 is 11.8 Å². The quantitative estimate of drug-likeness (QED) is 0.569. The van der Waals surface area contributed by atoms with Crippen LogP contribution in [0.15, 0.2) is 35.4 Å². The molecule has 0 bridgehead atoms. The molecule has 7 heteroatoms. The Labute approximate surface area is 176 Å². The monoisotopic (exact) mass is 412 g/mol. The third-order valence-electron chi connectivity index (χ3n) is 5.48. The molecule has 1 aromatic heterocycles. The van der Waals surface area contributed by atoms with Crippen molar-refractivity contribution in [1.29, 1.82) is 0 Å². The smallest absolute Gasteiger partial charge is 0.233 e. The van der Waals surface area contributed by atoms with Gasteiger partial charge < -0.3 is 14.5 Å². The standard InChI is InChI=1S/C22H28N4O2S/c1-22(2)13-18-17(14-28-22)21(24-20(23-18)16-7-5-4-6-8-16)29-15-19(27)26-11-9-25(3)10-12-26/h4-8H,9-15H2,1-3H3. The van der Waals surface area contributed by atoms with E-state index in [0.29, 0.717) is 12.4 Å². The summed E-state index contributed by atoms with van der Waals surface area (Å²) in [5.41, 5.74) is 2.81. The van der Waals surface area contributed by atoms with Gasteiger partial charge in [-0.2, -0.15) is 0 Å². The van der Waals surface area contributed by atoms with Gasteiger partial charge in [-0.1, -0.05) is 42.1 Å². The maximum Gasteiger partial charge on any atom is 0.233 e. The molecule has 1 saturated heterocycles. The first-order chi connectivity index (χ1) is 13.9. The summed E-state index contributed by atoms with van der Waals surface area (Å²) in [5.74, 6) is 1.29. The molecule has 3 heterocycles. The van der Waals surface area contributed by atoms with Crippen molar-refractivity contribution in [2.24, 2.45) is 0 Å². The number of ether oxygens (including phenoxy) is 1. The van der Waals surface area contributed by atoms with E-state index in [4.69, 9.17) is 14.7 Å². The van der Waals surface area contributed by atoms with Crippen LogP contribution in [0.2, 0.25) is 0 Å². The van der Waals surface area contributed by atoms with E-state index in [0.717, 1.165) is 60.3 Å². The molecule has 0 saturated carbocycles. The number of hydrogen-bond donors (Lipinski definition) is 0. The summed E-state index contributed by atoms with van der Waals surface area (Å²) >= 11 is 1.51. The largest absolute Gasteiger partial charge is 0.370 e. The van der Waals surface area contributed by atoms with Crippen LogP contribution in [0.5, 0.6) is 0 Å². The molecule has 2 aliphatic rings. The molecule has 1 aromatic carbocycles. The van der Waals surface area contributed by atoms with Crippen molar-refractivity contribution in [3.63, 3.8) is 0 Å². The summed E-state index contributed by atoms with van der Waals surface area (Å²) in [6, 6.07) is 10.0. The number of thioether (sulfide) groups is 1. The summed E-state index contributed by atoms with van der Waals surface area (Å²) < 4.78 is 6.02. The number of nitrogens with zero attached hydrogens (tertiary/aromatic N) is 4. The lowest BCUT2D eigenvalue weighted by atomic mass is 9.96. The number of carbonyl (C=O) groups excluding carboxylic acids is 1. The van der Waals surface area contributed by atoms with E-state index in [9.17, 15) is 4.79 Å². The van der Waals surface area contributed by atoms with E-state index >= 15 is 0 Å². The third kappa shape index (κ3) is 4.79. The molecule has 0 spiro atoms. The minimum absolute atomic E-state index is 0.175. The Morgan fingerprint density at radius 2 is 1.86 bits per heavy atom. The zero-order valence-electron chi connectivity index (χ0n) is 17.4. The van der Waals surface area contributed by atoms with Crippen molar-refractivity contribution in [3.05, 3.63) is 41.6 Å². The van der Waals surface area contributed by atoms with Crippen LogP contribution in [0.25, 0.3) is 11.4 Å². The molecule has 154 valence electrons. The lowest BCUT2D eigenvalue weighted by Gasteiger charge is -2.33. The summed E-state index contributed by atoms with van der Waals surface area (Å²) in [7, 11) is 2.09. The van der Waals surface area contributed by atoms with Crippen LogP contribution in [-0.2, 0) is 22.6 Å². The number of aromatic nitrogens is 2. The van der Waals surface area contributed by atoms with Crippen LogP contribution in [0, 0.1) is 0 Å². The van der Waals surface area contributed by atoms with E-state index in [1.165, 1.54) is 11.8 Å². The molecule has 2 aliphatic heterocycles. The van der Waals surface area contributed by atoms with Crippen LogP contribution in [0.1, 0.15) is 25.1 Å². The van der Waals surface area contributed by atoms with Crippen LogP contribution in [0.3, 0.4) is 0 Å². The van der Waals surface area contributed by atoms with E-state index in [1.54, 1.807) is 0 Å². The SMILES string of the molecule is CN1CCN(C(=O)CSc2nc(-c3ccccc3)nc3c2COC(C)(C)C3)CC1. The lowest BCUT2D eigenvalue weighted by molar-refractivity contribution is -0.129. The molecule has 2 aromatic rings. The number of benzene rings is 1. The second-order valence-electron chi connectivity index (χ2n) is 8.34. The first-order valence-corrected chi connectivity index (χ1v) is 11.1. The zero-order valence-corrected chi connectivity index (χ0v) is 18.2. The summed E-state index contributed by atoms with van der Waals surface area (Å²) in [6.45, 7) is 8.12. The van der Waals surface area contributed by atoms with Crippen LogP contribution in [0.4, 0.5) is 0 Å². The Morgan fingerprint density at radius 3 is 2.59 bits per heavy atom. The molecule has 0 N–H and O–H groups in total. The Balaban J connectivity index is 1.57. The maximum atomic E-state index is 12.7. The molecule has 0 unspecified atom stereocenters. The number of piperazine rings is 1. The predicted octanol–water partition coefficient (Wildman–Crippen LogP) is 2.86. The first-order valence-electron chi connectivity index (χ1n) is 10.1. The number of likely N-dealkylation sites (N-methyl/N-ethyl adjacent to an activating group) is 1. The first kappa shape index (κ1) is 20.3.